The average Bonchev–Trinajstić information content (AvgIpc) is 2.37. The zero-order chi connectivity index (χ0) is 13.0. The Morgan fingerprint density at radius 1 is 1.44 bits per heavy atom. The van der Waals surface area contributed by atoms with Gasteiger partial charge in [0.25, 0.3) is 0 Å². The van der Waals surface area contributed by atoms with Crippen LogP contribution in [0.5, 0.6) is 0 Å². The largest absolute Gasteiger partial charge is 0.339 e. The van der Waals surface area contributed by atoms with E-state index in [1.807, 2.05) is 35.2 Å². The Morgan fingerprint density at radius 2 is 2.17 bits per heavy atom. The van der Waals surface area contributed by atoms with Crippen molar-refractivity contribution in [1.29, 1.82) is 0 Å². The Kier molecular flexibility index (Phi) is 4.66. The van der Waals surface area contributed by atoms with Crippen molar-refractivity contribution in [2.45, 2.75) is 36.7 Å². The van der Waals surface area contributed by atoms with Gasteiger partial charge in [0.05, 0.1) is 5.75 Å². The number of hydrogen-bond donors (Lipinski definition) is 1. The van der Waals surface area contributed by atoms with E-state index < -0.39 is 0 Å². The molecule has 0 spiro atoms. The van der Waals surface area contributed by atoms with Crippen LogP contribution in [0, 0.1) is 0 Å². The molecule has 0 radical (unpaired) electrons. The predicted octanol–water partition coefficient (Wildman–Crippen LogP) is 2.12. The zero-order valence-corrected chi connectivity index (χ0v) is 11.5. The molecule has 1 aromatic rings. The maximum atomic E-state index is 12.2. The molecule has 18 heavy (non-hydrogen) atoms. The molecule has 2 atom stereocenters. The number of amides is 1. The molecular weight excluding hydrogens is 244 g/mol. The summed E-state index contributed by atoms with van der Waals surface area (Å²) in [5, 5.41) is 0. The van der Waals surface area contributed by atoms with Crippen LogP contribution in [0.15, 0.2) is 35.2 Å². The molecular formula is C14H20N2OS. The minimum absolute atomic E-state index is 0.225. The summed E-state index contributed by atoms with van der Waals surface area (Å²) in [5.74, 6) is 0.743. The lowest BCUT2D eigenvalue weighted by Crippen LogP contribution is -2.48. The summed E-state index contributed by atoms with van der Waals surface area (Å²) in [4.78, 5) is 15.3. The van der Waals surface area contributed by atoms with Crippen molar-refractivity contribution in [2.24, 2.45) is 5.73 Å². The van der Waals surface area contributed by atoms with E-state index in [0.29, 0.717) is 5.75 Å². The number of hydrogen-bond acceptors (Lipinski definition) is 3. The van der Waals surface area contributed by atoms with Gasteiger partial charge in [0.15, 0.2) is 0 Å². The van der Waals surface area contributed by atoms with E-state index in [0.717, 1.165) is 24.3 Å². The second-order valence-electron chi connectivity index (χ2n) is 4.82. The van der Waals surface area contributed by atoms with Gasteiger partial charge in [-0.1, -0.05) is 18.2 Å². The van der Waals surface area contributed by atoms with E-state index in [2.05, 4.69) is 6.92 Å². The van der Waals surface area contributed by atoms with E-state index in [9.17, 15) is 4.79 Å². The average molecular weight is 264 g/mol. The molecule has 0 bridgehead atoms. The van der Waals surface area contributed by atoms with Crippen LogP contribution >= 0.6 is 11.8 Å². The summed E-state index contributed by atoms with van der Waals surface area (Å²) in [7, 11) is 0. The molecule has 1 fully saturated rings. The van der Waals surface area contributed by atoms with E-state index in [1.54, 1.807) is 11.8 Å². The van der Waals surface area contributed by atoms with Crippen LogP contribution in [0.2, 0.25) is 0 Å². The molecule has 1 amide bonds. The van der Waals surface area contributed by atoms with Crippen LogP contribution in [0.3, 0.4) is 0 Å². The van der Waals surface area contributed by atoms with Crippen molar-refractivity contribution in [3.63, 3.8) is 0 Å². The number of carbonyl (C=O) groups excluding carboxylic acids is 1. The van der Waals surface area contributed by atoms with Crippen molar-refractivity contribution in [3.8, 4) is 0 Å². The monoisotopic (exact) mass is 264 g/mol. The highest BCUT2D eigenvalue weighted by Crippen LogP contribution is 2.21. The fourth-order valence-corrected chi connectivity index (χ4v) is 3.13. The first kappa shape index (κ1) is 13.4. The van der Waals surface area contributed by atoms with Gasteiger partial charge in [-0.15, -0.1) is 11.8 Å². The van der Waals surface area contributed by atoms with Crippen LogP contribution in [-0.2, 0) is 4.79 Å². The summed E-state index contributed by atoms with van der Waals surface area (Å²) in [6.07, 6.45) is 1.84. The maximum absolute atomic E-state index is 12.2. The first-order valence-electron chi connectivity index (χ1n) is 6.39. The minimum Gasteiger partial charge on any atom is -0.339 e. The fraction of sp³-hybridized carbons (Fsp3) is 0.500. The van der Waals surface area contributed by atoms with Gasteiger partial charge in [0, 0.05) is 23.5 Å². The molecule has 98 valence electrons. The van der Waals surface area contributed by atoms with Crippen molar-refractivity contribution < 1.29 is 4.79 Å². The van der Waals surface area contributed by atoms with Crippen LogP contribution in [-0.4, -0.2) is 35.2 Å². The lowest BCUT2D eigenvalue weighted by Gasteiger charge is -2.36. The van der Waals surface area contributed by atoms with E-state index >= 15 is 0 Å². The van der Waals surface area contributed by atoms with Gasteiger partial charge in [-0.2, -0.15) is 0 Å². The standard InChI is InChI=1S/C14H20N2OS/c1-11-9-12(15)7-8-16(11)14(17)10-18-13-5-3-2-4-6-13/h2-6,11-12H,7-10,15H2,1H3. The molecule has 0 aromatic heterocycles. The third kappa shape index (κ3) is 3.50. The quantitative estimate of drug-likeness (QED) is 0.851. The fourth-order valence-electron chi connectivity index (χ4n) is 2.32. The van der Waals surface area contributed by atoms with E-state index in [1.165, 1.54) is 0 Å². The second-order valence-corrected chi connectivity index (χ2v) is 5.87. The Balaban J connectivity index is 1.85. The maximum Gasteiger partial charge on any atom is 0.233 e. The molecule has 1 aromatic carbocycles. The number of piperidine rings is 1. The summed E-state index contributed by atoms with van der Waals surface area (Å²) in [5.41, 5.74) is 5.91. The molecule has 3 nitrogen and oxygen atoms in total. The topological polar surface area (TPSA) is 46.3 Å². The Hall–Kier alpha value is -1.00. The lowest BCUT2D eigenvalue weighted by molar-refractivity contribution is -0.131. The second kappa shape index (κ2) is 6.25. The molecule has 2 unspecified atom stereocenters. The van der Waals surface area contributed by atoms with Crippen LogP contribution < -0.4 is 5.73 Å². The van der Waals surface area contributed by atoms with Crippen LogP contribution in [0.4, 0.5) is 0 Å². The number of rotatable bonds is 3. The number of carbonyl (C=O) groups is 1. The summed E-state index contributed by atoms with van der Waals surface area (Å²) in [6.45, 7) is 2.89. The summed E-state index contributed by atoms with van der Waals surface area (Å²) < 4.78 is 0. The normalized spacial score (nSPS) is 24.0. The molecule has 1 aliphatic rings. The molecule has 1 heterocycles. The number of likely N-dealkylation sites (tertiary alicyclic amines) is 1. The molecule has 0 aliphatic carbocycles. The zero-order valence-electron chi connectivity index (χ0n) is 10.7. The first-order chi connectivity index (χ1) is 8.66. The third-order valence-corrected chi connectivity index (χ3v) is 4.34. The number of thioether (sulfide) groups is 1. The van der Waals surface area contributed by atoms with Gasteiger partial charge in [-0.25, -0.2) is 0 Å². The lowest BCUT2D eigenvalue weighted by atomic mass is 9.99. The predicted molar refractivity (Wildman–Crippen MR) is 75.6 cm³/mol. The Labute approximate surface area is 113 Å². The van der Waals surface area contributed by atoms with Gasteiger partial charge in [-0.05, 0) is 31.9 Å². The summed E-state index contributed by atoms with van der Waals surface area (Å²) in [6, 6.07) is 10.6. The smallest absolute Gasteiger partial charge is 0.233 e. The van der Waals surface area contributed by atoms with Gasteiger partial charge < -0.3 is 10.6 Å². The number of benzene rings is 1. The Bertz CT molecular complexity index is 396. The highest BCUT2D eigenvalue weighted by molar-refractivity contribution is 8.00. The van der Waals surface area contributed by atoms with Crippen molar-refractivity contribution in [2.75, 3.05) is 12.3 Å². The SMILES string of the molecule is CC1CC(N)CCN1C(=O)CSc1ccccc1. The number of nitrogens with two attached hydrogens (primary N) is 1. The number of nitrogens with zero attached hydrogens (tertiary/aromatic N) is 1. The van der Waals surface area contributed by atoms with Crippen LogP contribution in [0.1, 0.15) is 19.8 Å². The van der Waals surface area contributed by atoms with Gasteiger partial charge in [0.2, 0.25) is 5.91 Å². The highest BCUT2D eigenvalue weighted by Gasteiger charge is 2.26. The van der Waals surface area contributed by atoms with Gasteiger partial charge in [-0.3, -0.25) is 4.79 Å². The van der Waals surface area contributed by atoms with Crippen molar-refractivity contribution in [3.05, 3.63) is 30.3 Å². The van der Waals surface area contributed by atoms with E-state index in [-0.39, 0.29) is 18.0 Å². The van der Waals surface area contributed by atoms with Gasteiger partial charge in [0.1, 0.15) is 0 Å². The van der Waals surface area contributed by atoms with Gasteiger partial charge >= 0.3 is 0 Å². The van der Waals surface area contributed by atoms with Crippen molar-refractivity contribution in [1.82, 2.24) is 4.90 Å². The first-order valence-corrected chi connectivity index (χ1v) is 7.38. The molecule has 1 saturated heterocycles. The minimum atomic E-state index is 0.225. The molecule has 1 aliphatic heterocycles. The highest BCUT2D eigenvalue weighted by atomic mass is 32.2. The molecule has 4 heteroatoms. The van der Waals surface area contributed by atoms with Crippen LogP contribution in [0.25, 0.3) is 0 Å². The molecule has 2 N–H and O–H groups in total. The van der Waals surface area contributed by atoms with E-state index in [4.69, 9.17) is 5.73 Å². The third-order valence-electron chi connectivity index (χ3n) is 3.34. The molecule has 2 rings (SSSR count). The molecule has 0 saturated carbocycles. The van der Waals surface area contributed by atoms with Crippen molar-refractivity contribution >= 4 is 17.7 Å². The Morgan fingerprint density at radius 3 is 2.83 bits per heavy atom. The summed E-state index contributed by atoms with van der Waals surface area (Å²) >= 11 is 1.60.